The molecule has 0 radical (unpaired) electrons. The Morgan fingerprint density at radius 1 is 0.742 bits per heavy atom. The predicted octanol–water partition coefficient (Wildman–Crippen LogP) is 3.79. The van der Waals surface area contributed by atoms with Gasteiger partial charge in [0.2, 0.25) is 5.91 Å². The number of piperazine rings is 1. The fourth-order valence-electron chi connectivity index (χ4n) is 4.47. The molecule has 4 rings (SSSR count). The second kappa shape index (κ2) is 11.3. The van der Waals surface area contributed by atoms with Crippen molar-refractivity contribution in [1.82, 2.24) is 14.7 Å². The first kappa shape index (κ1) is 21.8. The van der Waals surface area contributed by atoms with Crippen molar-refractivity contribution in [2.75, 3.05) is 45.9 Å². The van der Waals surface area contributed by atoms with E-state index in [1.54, 1.807) is 0 Å². The van der Waals surface area contributed by atoms with Gasteiger partial charge in [-0.05, 0) is 55.6 Å². The summed E-state index contributed by atoms with van der Waals surface area (Å²) in [6, 6.07) is 18.6. The third-order valence-electron chi connectivity index (χ3n) is 6.28. The van der Waals surface area contributed by atoms with Crippen molar-refractivity contribution in [3.05, 3.63) is 65.7 Å². The minimum atomic E-state index is 0.212. The minimum Gasteiger partial charge on any atom is -0.494 e. The van der Waals surface area contributed by atoms with Crippen molar-refractivity contribution in [2.24, 2.45) is 0 Å². The molecule has 2 aliphatic rings. The highest BCUT2D eigenvalue weighted by atomic mass is 16.5. The molecule has 2 heterocycles. The SMILES string of the molecule is O=C1CN(Cc2ccc(OCCCN3CCCCC3)cc2)CCN1Cc1ccccc1. The van der Waals surface area contributed by atoms with Gasteiger partial charge in [0.25, 0.3) is 0 Å². The Labute approximate surface area is 186 Å². The molecule has 0 N–H and O–H groups in total. The van der Waals surface area contributed by atoms with Crippen molar-refractivity contribution in [1.29, 1.82) is 0 Å². The second-order valence-corrected chi connectivity index (χ2v) is 8.76. The first-order chi connectivity index (χ1) is 15.3. The van der Waals surface area contributed by atoms with Gasteiger partial charge in [0, 0.05) is 32.7 Å². The molecule has 2 aromatic rings. The maximum Gasteiger partial charge on any atom is 0.237 e. The summed E-state index contributed by atoms with van der Waals surface area (Å²) in [6.45, 7) is 8.10. The number of carbonyl (C=O) groups excluding carboxylic acids is 1. The Bertz CT molecular complexity index is 803. The van der Waals surface area contributed by atoms with Gasteiger partial charge in [-0.1, -0.05) is 48.9 Å². The fourth-order valence-corrected chi connectivity index (χ4v) is 4.47. The summed E-state index contributed by atoms with van der Waals surface area (Å²) in [5.41, 5.74) is 2.42. The zero-order valence-electron chi connectivity index (χ0n) is 18.5. The first-order valence-corrected chi connectivity index (χ1v) is 11.7. The number of hydrogen-bond donors (Lipinski definition) is 0. The Balaban J connectivity index is 1.16. The molecule has 2 aromatic carbocycles. The van der Waals surface area contributed by atoms with Crippen LogP contribution < -0.4 is 4.74 Å². The second-order valence-electron chi connectivity index (χ2n) is 8.76. The van der Waals surface area contributed by atoms with Crippen LogP contribution in [-0.4, -0.2) is 66.5 Å². The van der Waals surface area contributed by atoms with Gasteiger partial charge in [-0.25, -0.2) is 0 Å². The topological polar surface area (TPSA) is 36.0 Å². The van der Waals surface area contributed by atoms with E-state index in [2.05, 4.69) is 46.2 Å². The van der Waals surface area contributed by atoms with E-state index in [4.69, 9.17) is 4.74 Å². The summed E-state index contributed by atoms with van der Waals surface area (Å²) in [5, 5.41) is 0. The van der Waals surface area contributed by atoms with Crippen LogP contribution in [-0.2, 0) is 17.9 Å². The van der Waals surface area contributed by atoms with Crippen molar-refractivity contribution < 1.29 is 9.53 Å². The van der Waals surface area contributed by atoms with Gasteiger partial charge in [-0.2, -0.15) is 0 Å². The van der Waals surface area contributed by atoms with Crippen LogP contribution in [0, 0.1) is 0 Å². The molecule has 0 bridgehead atoms. The Morgan fingerprint density at radius 2 is 1.48 bits per heavy atom. The van der Waals surface area contributed by atoms with Crippen molar-refractivity contribution in [2.45, 2.75) is 38.8 Å². The van der Waals surface area contributed by atoms with E-state index in [0.29, 0.717) is 13.1 Å². The number of likely N-dealkylation sites (tertiary alicyclic amines) is 1. The van der Waals surface area contributed by atoms with Crippen LogP contribution in [0.1, 0.15) is 36.8 Å². The lowest BCUT2D eigenvalue weighted by Gasteiger charge is -2.34. The molecule has 1 amide bonds. The van der Waals surface area contributed by atoms with E-state index >= 15 is 0 Å². The predicted molar refractivity (Wildman–Crippen MR) is 124 cm³/mol. The van der Waals surface area contributed by atoms with Gasteiger partial charge in [0.05, 0.1) is 13.2 Å². The van der Waals surface area contributed by atoms with E-state index in [9.17, 15) is 4.79 Å². The van der Waals surface area contributed by atoms with Crippen LogP contribution in [0.5, 0.6) is 5.75 Å². The van der Waals surface area contributed by atoms with Gasteiger partial charge < -0.3 is 14.5 Å². The van der Waals surface area contributed by atoms with Gasteiger partial charge in [-0.3, -0.25) is 9.69 Å². The Morgan fingerprint density at radius 3 is 2.23 bits per heavy atom. The molecule has 0 aliphatic carbocycles. The van der Waals surface area contributed by atoms with Crippen molar-refractivity contribution in [3.8, 4) is 5.75 Å². The largest absolute Gasteiger partial charge is 0.494 e. The molecule has 0 saturated carbocycles. The monoisotopic (exact) mass is 421 g/mol. The van der Waals surface area contributed by atoms with E-state index < -0.39 is 0 Å². The number of rotatable bonds is 9. The zero-order valence-corrected chi connectivity index (χ0v) is 18.5. The number of piperidine rings is 1. The normalized spacial score (nSPS) is 18.3. The molecule has 31 heavy (non-hydrogen) atoms. The summed E-state index contributed by atoms with van der Waals surface area (Å²) in [4.78, 5) is 19.3. The van der Waals surface area contributed by atoms with E-state index in [-0.39, 0.29) is 5.91 Å². The fraction of sp³-hybridized carbons (Fsp3) is 0.500. The Hall–Kier alpha value is -2.37. The molecule has 2 aliphatic heterocycles. The average molecular weight is 422 g/mol. The van der Waals surface area contributed by atoms with Gasteiger partial charge in [0.15, 0.2) is 0 Å². The molecule has 0 unspecified atom stereocenters. The quantitative estimate of drug-likeness (QED) is 0.577. The number of carbonyl (C=O) groups is 1. The maximum atomic E-state index is 12.6. The minimum absolute atomic E-state index is 0.212. The number of nitrogens with zero attached hydrogens (tertiary/aromatic N) is 3. The van der Waals surface area contributed by atoms with Gasteiger partial charge >= 0.3 is 0 Å². The highest BCUT2D eigenvalue weighted by Crippen LogP contribution is 2.16. The van der Waals surface area contributed by atoms with E-state index in [1.807, 2.05) is 23.1 Å². The van der Waals surface area contributed by atoms with Crippen molar-refractivity contribution in [3.63, 3.8) is 0 Å². The zero-order chi connectivity index (χ0) is 21.3. The summed E-state index contributed by atoms with van der Waals surface area (Å²) in [6.07, 6.45) is 5.15. The highest BCUT2D eigenvalue weighted by molar-refractivity contribution is 5.79. The summed E-state index contributed by atoms with van der Waals surface area (Å²) in [5.74, 6) is 1.15. The van der Waals surface area contributed by atoms with Crippen LogP contribution in [0.25, 0.3) is 0 Å². The lowest BCUT2D eigenvalue weighted by atomic mass is 10.1. The molecular formula is C26H35N3O2. The van der Waals surface area contributed by atoms with Crippen LogP contribution in [0.4, 0.5) is 0 Å². The van der Waals surface area contributed by atoms with Crippen LogP contribution in [0.2, 0.25) is 0 Å². The molecule has 0 atom stereocenters. The summed E-state index contributed by atoms with van der Waals surface area (Å²) in [7, 11) is 0. The Kier molecular flexibility index (Phi) is 7.97. The number of hydrogen-bond acceptors (Lipinski definition) is 4. The van der Waals surface area contributed by atoms with Crippen LogP contribution >= 0.6 is 0 Å². The lowest BCUT2D eigenvalue weighted by molar-refractivity contribution is -0.136. The number of benzene rings is 2. The maximum absolute atomic E-state index is 12.6. The standard InChI is InChI=1S/C26H35N3O2/c30-26-22-28(17-18-29(26)21-23-8-3-1-4-9-23)20-24-10-12-25(13-11-24)31-19-7-16-27-14-5-2-6-15-27/h1,3-4,8-13H,2,5-7,14-22H2. The lowest BCUT2D eigenvalue weighted by Crippen LogP contribution is -2.49. The average Bonchev–Trinajstić information content (AvgIpc) is 2.81. The number of ether oxygens (including phenoxy) is 1. The van der Waals surface area contributed by atoms with Gasteiger partial charge in [-0.15, -0.1) is 0 Å². The summed E-state index contributed by atoms with van der Waals surface area (Å²) < 4.78 is 5.93. The van der Waals surface area contributed by atoms with Crippen molar-refractivity contribution >= 4 is 5.91 Å². The molecule has 5 heteroatoms. The van der Waals surface area contributed by atoms with Crippen LogP contribution in [0.15, 0.2) is 54.6 Å². The summed E-state index contributed by atoms with van der Waals surface area (Å²) >= 11 is 0. The third-order valence-corrected chi connectivity index (χ3v) is 6.28. The van der Waals surface area contributed by atoms with E-state index in [0.717, 1.165) is 45.0 Å². The highest BCUT2D eigenvalue weighted by Gasteiger charge is 2.23. The third kappa shape index (κ3) is 6.81. The molecule has 5 nitrogen and oxygen atoms in total. The smallest absolute Gasteiger partial charge is 0.237 e. The number of amides is 1. The van der Waals surface area contributed by atoms with E-state index in [1.165, 1.54) is 43.5 Å². The van der Waals surface area contributed by atoms with Gasteiger partial charge in [0.1, 0.15) is 5.75 Å². The molecular weight excluding hydrogens is 386 g/mol. The molecule has 2 fully saturated rings. The molecule has 0 spiro atoms. The molecule has 0 aromatic heterocycles. The first-order valence-electron chi connectivity index (χ1n) is 11.7. The van der Waals surface area contributed by atoms with Crippen LogP contribution in [0.3, 0.4) is 0 Å². The molecule has 166 valence electrons. The molecule has 2 saturated heterocycles.